The summed E-state index contributed by atoms with van der Waals surface area (Å²) in [5, 5.41) is 2.76. The van der Waals surface area contributed by atoms with E-state index in [4.69, 9.17) is 0 Å². The number of anilines is 1. The van der Waals surface area contributed by atoms with Gasteiger partial charge in [0.1, 0.15) is 5.82 Å². The number of hydrogen-bond donors (Lipinski definition) is 2. The van der Waals surface area contributed by atoms with Crippen LogP contribution in [0.4, 0.5) is 10.7 Å². The van der Waals surface area contributed by atoms with Crippen molar-refractivity contribution < 1.29 is 4.79 Å². The van der Waals surface area contributed by atoms with Crippen LogP contribution < -0.4 is 5.32 Å². The minimum atomic E-state index is -0.180. The number of hydrogen-bond acceptors (Lipinski definition) is 5. The molecule has 27 heavy (non-hydrogen) atoms. The molecule has 1 aliphatic rings. The molecule has 0 spiro atoms. The third-order valence-electron chi connectivity index (χ3n) is 4.95. The van der Waals surface area contributed by atoms with Gasteiger partial charge in [0.2, 0.25) is 5.95 Å². The number of rotatable bonds is 2. The zero-order valence-corrected chi connectivity index (χ0v) is 14.5. The second-order valence-corrected chi connectivity index (χ2v) is 6.63. The van der Waals surface area contributed by atoms with E-state index < -0.39 is 0 Å². The summed E-state index contributed by atoms with van der Waals surface area (Å²) in [6.45, 7) is 1.31. The van der Waals surface area contributed by atoms with Crippen LogP contribution in [-0.2, 0) is 0 Å². The summed E-state index contributed by atoms with van der Waals surface area (Å²) in [7, 11) is 0. The summed E-state index contributed by atoms with van der Waals surface area (Å²) in [5.74, 6) is 1.44. The van der Waals surface area contributed by atoms with Gasteiger partial charge in [-0.05, 0) is 25.0 Å². The topological polar surface area (TPSA) is 104 Å². The molecule has 2 amide bonds. The molecule has 5 rings (SSSR count). The van der Waals surface area contributed by atoms with Crippen LogP contribution in [0.1, 0.15) is 24.6 Å². The number of nitrogens with zero attached hydrogens (tertiary/aromatic N) is 6. The standard InChI is InChI=1S/C18H18N8O/c27-18(24-17-20-5-2-6-21-17)25-8-1-3-12(11-25)16-23-10-13-9-22-15-14(26(13)16)4-7-19-15/h2,4-7,9-10,12,19H,1,3,8,11H2,(H,20,21,24,27). The fraction of sp³-hybridized carbons (Fsp3) is 0.278. The third-order valence-corrected chi connectivity index (χ3v) is 4.95. The molecule has 0 radical (unpaired) electrons. The van der Waals surface area contributed by atoms with Gasteiger partial charge in [0.15, 0.2) is 5.65 Å². The van der Waals surface area contributed by atoms with Crippen molar-refractivity contribution in [3.8, 4) is 0 Å². The molecule has 136 valence electrons. The molecule has 9 nitrogen and oxygen atoms in total. The maximum absolute atomic E-state index is 12.6. The zero-order valence-electron chi connectivity index (χ0n) is 14.5. The number of likely N-dealkylation sites (tertiary alicyclic amines) is 1. The van der Waals surface area contributed by atoms with Gasteiger partial charge in [-0.1, -0.05) is 0 Å². The number of nitrogens with one attached hydrogen (secondary N) is 2. The van der Waals surface area contributed by atoms with Gasteiger partial charge in [0.25, 0.3) is 0 Å². The first kappa shape index (κ1) is 15.7. The maximum atomic E-state index is 12.6. The lowest BCUT2D eigenvalue weighted by Crippen LogP contribution is -2.42. The van der Waals surface area contributed by atoms with E-state index in [2.05, 4.69) is 34.6 Å². The molecule has 1 unspecified atom stereocenters. The molecule has 1 saturated heterocycles. The first-order valence-electron chi connectivity index (χ1n) is 8.92. The van der Waals surface area contributed by atoms with Gasteiger partial charge < -0.3 is 9.88 Å². The van der Waals surface area contributed by atoms with E-state index in [9.17, 15) is 4.79 Å². The zero-order chi connectivity index (χ0) is 18.2. The Bertz CT molecular complexity index is 1100. The van der Waals surface area contributed by atoms with Crippen molar-refractivity contribution in [1.29, 1.82) is 0 Å². The second-order valence-electron chi connectivity index (χ2n) is 6.63. The van der Waals surface area contributed by atoms with Crippen LogP contribution in [0.3, 0.4) is 0 Å². The first-order valence-corrected chi connectivity index (χ1v) is 8.92. The van der Waals surface area contributed by atoms with E-state index in [1.807, 2.05) is 24.7 Å². The lowest BCUT2D eigenvalue weighted by atomic mass is 9.97. The SMILES string of the molecule is O=C(Nc1ncccn1)N1CCCC(c2ncc3cnc4[nH]ccc4n23)C1. The van der Waals surface area contributed by atoms with Crippen molar-refractivity contribution in [2.24, 2.45) is 0 Å². The van der Waals surface area contributed by atoms with Crippen molar-refractivity contribution in [3.63, 3.8) is 0 Å². The highest BCUT2D eigenvalue weighted by atomic mass is 16.2. The van der Waals surface area contributed by atoms with Crippen molar-refractivity contribution in [2.75, 3.05) is 18.4 Å². The Morgan fingerprint density at radius 3 is 2.93 bits per heavy atom. The fourth-order valence-electron chi connectivity index (χ4n) is 3.70. The lowest BCUT2D eigenvalue weighted by molar-refractivity contribution is 0.191. The van der Waals surface area contributed by atoms with Crippen LogP contribution in [0, 0.1) is 0 Å². The largest absolute Gasteiger partial charge is 0.345 e. The second kappa shape index (κ2) is 6.35. The van der Waals surface area contributed by atoms with E-state index >= 15 is 0 Å². The average Bonchev–Trinajstić information content (AvgIpc) is 3.35. The van der Waals surface area contributed by atoms with E-state index in [1.54, 1.807) is 23.4 Å². The van der Waals surface area contributed by atoms with Crippen LogP contribution in [0.15, 0.2) is 43.1 Å². The molecule has 4 aromatic rings. The van der Waals surface area contributed by atoms with Gasteiger partial charge >= 0.3 is 6.03 Å². The number of aromatic amines is 1. The molecule has 1 fully saturated rings. The van der Waals surface area contributed by atoms with Crippen molar-refractivity contribution in [1.82, 2.24) is 34.2 Å². The molecule has 9 heteroatoms. The predicted octanol–water partition coefficient (Wildman–Crippen LogP) is 2.41. The molecule has 0 aliphatic carbocycles. The van der Waals surface area contributed by atoms with Gasteiger partial charge in [-0.3, -0.25) is 9.72 Å². The van der Waals surface area contributed by atoms with Gasteiger partial charge in [0.05, 0.1) is 23.4 Å². The number of amides is 2. The van der Waals surface area contributed by atoms with E-state index in [-0.39, 0.29) is 11.9 Å². The number of imidazole rings is 1. The third kappa shape index (κ3) is 2.77. The van der Waals surface area contributed by atoms with E-state index in [0.717, 1.165) is 35.3 Å². The Kier molecular flexibility index (Phi) is 3.70. The minimum absolute atomic E-state index is 0.157. The quantitative estimate of drug-likeness (QED) is 0.570. The summed E-state index contributed by atoms with van der Waals surface area (Å²) in [4.78, 5) is 34.7. The minimum Gasteiger partial charge on any atom is -0.345 e. The number of piperidine rings is 1. The first-order chi connectivity index (χ1) is 13.3. The van der Waals surface area contributed by atoms with Crippen LogP contribution in [0.25, 0.3) is 16.7 Å². The van der Waals surface area contributed by atoms with Crippen LogP contribution >= 0.6 is 0 Å². The van der Waals surface area contributed by atoms with Crippen molar-refractivity contribution >= 4 is 28.7 Å². The van der Waals surface area contributed by atoms with Crippen molar-refractivity contribution in [3.05, 3.63) is 48.9 Å². The van der Waals surface area contributed by atoms with Crippen molar-refractivity contribution in [2.45, 2.75) is 18.8 Å². The molecule has 0 aromatic carbocycles. The normalized spacial score (nSPS) is 17.5. The lowest BCUT2D eigenvalue weighted by Gasteiger charge is -2.32. The van der Waals surface area contributed by atoms with Gasteiger partial charge in [0, 0.05) is 37.6 Å². The average molecular weight is 362 g/mol. The molecular weight excluding hydrogens is 344 g/mol. The summed E-state index contributed by atoms with van der Waals surface area (Å²) in [6, 6.07) is 3.54. The number of fused-ring (bicyclic) bond motifs is 3. The molecule has 1 aliphatic heterocycles. The number of urea groups is 1. The number of aromatic nitrogens is 6. The number of carbonyl (C=O) groups is 1. The highest BCUT2D eigenvalue weighted by Crippen LogP contribution is 2.28. The summed E-state index contributed by atoms with van der Waals surface area (Å²) in [6.07, 6.45) is 10.6. The monoisotopic (exact) mass is 362 g/mol. The van der Waals surface area contributed by atoms with E-state index in [0.29, 0.717) is 19.0 Å². The summed E-state index contributed by atoms with van der Waals surface area (Å²) in [5.41, 5.74) is 2.78. The molecule has 2 N–H and O–H groups in total. The Morgan fingerprint density at radius 1 is 1.19 bits per heavy atom. The Balaban J connectivity index is 1.42. The fourth-order valence-corrected chi connectivity index (χ4v) is 3.70. The van der Waals surface area contributed by atoms with Gasteiger partial charge in [-0.2, -0.15) is 0 Å². The van der Waals surface area contributed by atoms with Crippen LogP contribution in [0.5, 0.6) is 0 Å². The predicted molar refractivity (Wildman–Crippen MR) is 99.4 cm³/mol. The number of carbonyl (C=O) groups excluding carboxylic acids is 1. The highest BCUT2D eigenvalue weighted by Gasteiger charge is 2.28. The van der Waals surface area contributed by atoms with Gasteiger partial charge in [-0.15, -0.1) is 0 Å². The Morgan fingerprint density at radius 2 is 2.04 bits per heavy atom. The molecule has 1 atom stereocenters. The van der Waals surface area contributed by atoms with Gasteiger partial charge in [-0.25, -0.2) is 24.7 Å². The molecule has 5 heterocycles. The molecule has 4 aromatic heterocycles. The Hall–Kier alpha value is -3.49. The van der Waals surface area contributed by atoms with Crippen LogP contribution in [-0.4, -0.2) is 53.3 Å². The summed E-state index contributed by atoms with van der Waals surface area (Å²) < 4.78 is 2.13. The van der Waals surface area contributed by atoms with Crippen LogP contribution in [0.2, 0.25) is 0 Å². The maximum Gasteiger partial charge on any atom is 0.324 e. The molecule has 0 saturated carbocycles. The Labute approximate surface area is 154 Å². The smallest absolute Gasteiger partial charge is 0.324 e. The van der Waals surface area contributed by atoms with E-state index in [1.165, 1.54) is 0 Å². The molecule has 0 bridgehead atoms. The summed E-state index contributed by atoms with van der Waals surface area (Å²) >= 11 is 0. The highest BCUT2D eigenvalue weighted by molar-refractivity contribution is 5.87. The molecular formula is C18H18N8O. The number of H-pyrrole nitrogens is 1.